The van der Waals surface area contributed by atoms with Crippen LogP contribution in [0.3, 0.4) is 0 Å². The number of aromatic nitrogens is 2. The molecule has 0 saturated carbocycles. The van der Waals surface area contributed by atoms with Gasteiger partial charge in [-0.15, -0.1) is 16.4 Å². The van der Waals surface area contributed by atoms with Gasteiger partial charge in [0.1, 0.15) is 4.21 Å². The third kappa shape index (κ3) is 4.82. The van der Waals surface area contributed by atoms with E-state index in [9.17, 15) is 13.2 Å². The monoisotopic (exact) mass is 480 g/mol. The highest BCUT2D eigenvalue weighted by Gasteiger charge is 2.33. The number of sulfonamides is 1. The van der Waals surface area contributed by atoms with E-state index in [1.165, 1.54) is 10.4 Å². The average molecular weight is 481 g/mol. The number of thiophene rings is 1. The Morgan fingerprint density at radius 1 is 1.16 bits per heavy atom. The smallest absolute Gasteiger partial charge is 0.322 e. The fraction of sp³-hybridized carbons (Fsp3) is 0.350. The maximum absolute atomic E-state index is 12.7. The molecule has 0 aliphatic carbocycles. The summed E-state index contributed by atoms with van der Waals surface area (Å²) in [6, 6.07) is 9.01. The van der Waals surface area contributed by atoms with Crippen molar-refractivity contribution in [1.29, 1.82) is 0 Å². The molecule has 8 nitrogen and oxygen atoms in total. The molecule has 1 aromatic carbocycles. The third-order valence-electron chi connectivity index (χ3n) is 5.09. The summed E-state index contributed by atoms with van der Waals surface area (Å²) in [6.07, 6.45) is 0.810. The van der Waals surface area contributed by atoms with E-state index in [-0.39, 0.29) is 35.1 Å². The summed E-state index contributed by atoms with van der Waals surface area (Å²) < 4.78 is 33.0. The minimum absolute atomic E-state index is 0.0300. The number of amides is 1. The Morgan fingerprint density at radius 2 is 1.84 bits per heavy atom. The van der Waals surface area contributed by atoms with Gasteiger partial charge in [-0.05, 0) is 51.0 Å². The highest BCUT2D eigenvalue weighted by atomic mass is 35.5. The largest absolute Gasteiger partial charge is 0.403 e. The lowest BCUT2D eigenvalue weighted by Gasteiger charge is -2.29. The molecule has 4 rings (SSSR count). The normalized spacial score (nSPS) is 15.8. The van der Waals surface area contributed by atoms with Crippen LogP contribution in [0, 0.1) is 19.8 Å². The first-order chi connectivity index (χ1) is 14.7. The molecule has 11 heteroatoms. The maximum Gasteiger partial charge on any atom is 0.322 e. The molecule has 2 aromatic heterocycles. The molecular formula is C20H21ClN4O4S2. The van der Waals surface area contributed by atoms with E-state index >= 15 is 0 Å². The number of aryl methyl sites for hydroxylation is 2. The molecule has 1 N–H and O–H groups in total. The minimum Gasteiger partial charge on any atom is -0.403 e. The SMILES string of the molecule is Cc1cc(C)cc(-c2nnc(NC(=O)C3CCN(S(=O)(=O)c4ccc(Cl)s4)CC3)o2)c1. The number of nitrogens with one attached hydrogen (secondary N) is 1. The van der Waals surface area contributed by atoms with E-state index < -0.39 is 10.0 Å². The van der Waals surface area contributed by atoms with Gasteiger partial charge in [0.25, 0.3) is 10.0 Å². The molecule has 3 heterocycles. The molecule has 1 aliphatic heterocycles. The molecule has 0 atom stereocenters. The number of piperidine rings is 1. The van der Waals surface area contributed by atoms with Crippen LogP contribution in [0.4, 0.5) is 6.01 Å². The topological polar surface area (TPSA) is 105 Å². The number of nitrogens with zero attached hydrogens (tertiary/aromatic N) is 3. The van der Waals surface area contributed by atoms with Gasteiger partial charge in [-0.2, -0.15) is 4.31 Å². The predicted octanol–water partition coefficient (Wildman–Crippen LogP) is 4.11. The maximum atomic E-state index is 12.7. The summed E-state index contributed by atoms with van der Waals surface area (Å²) in [5, 5.41) is 10.6. The lowest BCUT2D eigenvalue weighted by molar-refractivity contribution is -0.121. The zero-order chi connectivity index (χ0) is 22.2. The second-order valence-corrected chi connectivity index (χ2v) is 11.4. The molecule has 0 bridgehead atoms. The van der Waals surface area contributed by atoms with Crippen molar-refractivity contribution in [3.05, 3.63) is 45.8 Å². The van der Waals surface area contributed by atoms with Crippen molar-refractivity contribution in [3.8, 4) is 11.5 Å². The Bertz CT molecular complexity index is 1190. The van der Waals surface area contributed by atoms with Crippen LogP contribution in [0.25, 0.3) is 11.5 Å². The Kier molecular flexibility index (Phi) is 6.16. The highest BCUT2D eigenvalue weighted by Crippen LogP contribution is 2.31. The number of carbonyl (C=O) groups is 1. The molecule has 1 amide bonds. The van der Waals surface area contributed by atoms with Crippen molar-refractivity contribution in [2.75, 3.05) is 18.4 Å². The van der Waals surface area contributed by atoms with E-state index in [2.05, 4.69) is 15.5 Å². The predicted molar refractivity (Wildman–Crippen MR) is 119 cm³/mol. The van der Waals surface area contributed by atoms with Crippen LogP contribution >= 0.6 is 22.9 Å². The minimum atomic E-state index is -3.59. The third-order valence-corrected chi connectivity index (χ3v) is 8.69. The zero-order valence-electron chi connectivity index (χ0n) is 17.0. The molecule has 3 aromatic rings. The van der Waals surface area contributed by atoms with Gasteiger partial charge < -0.3 is 4.42 Å². The first-order valence-corrected chi connectivity index (χ1v) is 12.3. The number of hydrogen-bond donors (Lipinski definition) is 1. The first-order valence-electron chi connectivity index (χ1n) is 9.71. The van der Waals surface area contributed by atoms with Crippen molar-refractivity contribution < 1.29 is 17.6 Å². The number of hydrogen-bond acceptors (Lipinski definition) is 7. The fourth-order valence-electron chi connectivity index (χ4n) is 3.62. The van der Waals surface area contributed by atoms with Crippen molar-refractivity contribution in [2.24, 2.45) is 5.92 Å². The van der Waals surface area contributed by atoms with Gasteiger partial charge in [-0.3, -0.25) is 10.1 Å². The Morgan fingerprint density at radius 3 is 2.45 bits per heavy atom. The summed E-state index contributed by atoms with van der Waals surface area (Å²) in [4.78, 5) is 12.6. The molecule has 1 fully saturated rings. The summed E-state index contributed by atoms with van der Waals surface area (Å²) in [5.74, 6) is -0.264. The lowest BCUT2D eigenvalue weighted by atomic mass is 9.97. The van der Waals surface area contributed by atoms with Gasteiger partial charge in [0.05, 0.1) is 4.34 Å². The molecule has 0 unspecified atom stereocenters. The van der Waals surface area contributed by atoms with Crippen LogP contribution in [0.1, 0.15) is 24.0 Å². The van der Waals surface area contributed by atoms with Crippen molar-refractivity contribution >= 4 is 44.9 Å². The summed E-state index contributed by atoms with van der Waals surface area (Å²) in [6.45, 7) is 4.48. The molecule has 0 spiro atoms. The number of halogens is 1. The molecule has 0 radical (unpaired) electrons. The number of anilines is 1. The number of benzene rings is 1. The summed E-state index contributed by atoms with van der Waals surface area (Å²) in [5.41, 5.74) is 2.94. The molecule has 1 aliphatic rings. The standard InChI is InChI=1S/C20H21ClN4O4S2/c1-12-9-13(2)11-15(10-12)19-23-24-20(29-19)22-18(26)14-5-7-25(8-6-14)31(27,28)17-4-3-16(21)30-17/h3-4,9-11,14H,5-8H2,1-2H3,(H,22,24,26). The average Bonchev–Trinajstić information content (AvgIpc) is 3.37. The van der Waals surface area contributed by atoms with Crippen molar-refractivity contribution in [1.82, 2.24) is 14.5 Å². The van der Waals surface area contributed by atoms with E-state index in [1.807, 2.05) is 32.0 Å². The lowest BCUT2D eigenvalue weighted by Crippen LogP contribution is -2.41. The highest BCUT2D eigenvalue weighted by molar-refractivity contribution is 7.91. The Hall–Kier alpha value is -2.27. The number of rotatable bonds is 5. The Balaban J connectivity index is 1.37. The second kappa shape index (κ2) is 8.70. The van der Waals surface area contributed by atoms with Crippen LogP contribution in [0.15, 0.2) is 39.0 Å². The van der Waals surface area contributed by atoms with E-state index in [1.54, 1.807) is 6.07 Å². The number of carbonyl (C=O) groups excluding carboxylic acids is 1. The van der Waals surface area contributed by atoms with E-state index in [4.69, 9.17) is 16.0 Å². The van der Waals surface area contributed by atoms with Gasteiger partial charge in [0.2, 0.25) is 11.8 Å². The van der Waals surface area contributed by atoms with Crippen molar-refractivity contribution in [2.45, 2.75) is 30.9 Å². The van der Waals surface area contributed by atoms with Crippen LogP contribution in [-0.2, 0) is 14.8 Å². The van der Waals surface area contributed by atoms with Gasteiger partial charge in [0.15, 0.2) is 0 Å². The fourth-order valence-corrected chi connectivity index (χ4v) is 6.72. The zero-order valence-corrected chi connectivity index (χ0v) is 19.4. The summed E-state index contributed by atoms with van der Waals surface area (Å²) >= 11 is 6.89. The van der Waals surface area contributed by atoms with Gasteiger partial charge in [-0.1, -0.05) is 33.9 Å². The van der Waals surface area contributed by atoms with Gasteiger partial charge in [-0.25, -0.2) is 8.42 Å². The van der Waals surface area contributed by atoms with Crippen molar-refractivity contribution in [3.63, 3.8) is 0 Å². The quantitative estimate of drug-likeness (QED) is 0.589. The Labute approximate surface area is 189 Å². The van der Waals surface area contributed by atoms with E-state index in [0.717, 1.165) is 28.0 Å². The van der Waals surface area contributed by atoms with E-state index in [0.29, 0.717) is 23.1 Å². The molecular weight excluding hydrogens is 460 g/mol. The summed E-state index contributed by atoms with van der Waals surface area (Å²) in [7, 11) is -3.59. The first kappa shape index (κ1) is 21.9. The van der Waals surface area contributed by atoms with Crippen LogP contribution in [0.5, 0.6) is 0 Å². The molecule has 1 saturated heterocycles. The molecule has 164 valence electrons. The van der Waals surface area contributed by atoms with Crippen LogP contribution in [-0.4, -0.2) is 41.9 Å². The van der Waals surface area contributed by atoms with Gasteiger partial charge >= 0.3 is 6.01 Å². The van der Waals surface area contributed by atoms with Crippen LogP contribution in [0.2, 0.25) is 4.34 Å². The van der Waals surface area contributed by atoms with Gasteiger partial charge in [0, 0.05) is 24.6 Å². The second-order valence-electron chi connectivity index (χ2n) is 7.51. The molecule has 31 heavy (non-hydrogen) atoms. The van der Waals surface area contributed by atoms with Crippen LogP contribution < -0.4 is 5.32 Å².